The van der Waals surface area contributed by atoms with E-state index < -0.39 is 60.4 Å². The molecule has 10 aromatic rings. The van der Waals surface area contributed by atoms with Crippen LogP contribution in [-0.4, -0.2) is 15.0 Å². The van der Waals surface area contributed by atoms with E-state index in [1.165, 1.54) is 0 Å². The van der Waals surface area contributed by atoms with Gasteiger partial charge in [-0.05, 0) is 58.5 Å². The van der Waals surface area contributed by atoms with Gasteiger partial charge < -0.3 is 0 Å². The molecule has 0 unspecified atom stereocenters. The molecule has 0 aliphatic rings. The highest BCUT2D eigenvalue weighted by molar-refractivity contribution is 7.26. The van der Waals surface area contributed by atoms with Gasteiger partial charge in [0.15, 0.2) is 17.5 Å². The van der Waals surface area contributed by atoms with Gasteiger partial charge in [0.05, 0.1) is 19.2 Å². The van der Waals surface area contributed by atoms with Crippen molar-refractivity contribution in [1.29, 1.82) is 0 Å². The molecule has 0 bridgehead atoms. The summed E-state index contributed by atoms with van der Waals surface area (Å²) in [6.07, 6.45) is 0. The summed E-state index contributed by atoms with van der Waals surface area (Å²) in [6.45, 7) is 0. The van der Waals surface area contributed by atoms with Gasteiger partial charge in [-0.1, -0.05) is 127 Å². The lowest BCUT2D eigenvalue weighted by atomic mass is 9.91. The first-order valence-electron chi connectivity index (χ1n) is 22.5. The zero-order valence-electron chi connectivity index (χ0n) is 39.7. The number of nitrogens with zero attached hydrogens (tertiary/aromatic N) is 3. The van der Waals surface area contributed by atoms with Crippen molar-refractivity contribution >= 4 is 63.0 Å². The van der Waals surface area contributed by atoms with E-state index >= 15 is 0 Å². The molecule has 234 valence electrons. The molecule has 10 rings (SSSR count). The lowest BCUT2D eigenvalue weighted by Crippen LogP contribution is -2.01. The Morgan fingerprint density at radius 2 is 0.940 bits per heavy atom. The summed E-state index contributed by atoms with van der Waals surface area (Å²) in [6, 6.07) is 18.4. The van der Waals surface area contributed by atoms with Crippen molar-refractivity contribution in [2.45, 2.75) is 0 Å². The van der Waals surface area contributed by atoms with Crippen LogP contribution in [0.3, 0.4) is 0 Å². The predicted octanol–water partition coefficient (Wildman–Crippen LogP) is 12.9. The number of hydrogen-bond donors (Lipinski definition) is 0. The number of fused-ring (bicyclic) bond motifs is 6. The number of aromatic nitrogens is 3. The van der Waals surface area contributed by atoms with E-state index in [-0.39, 0.29) is 93.1 Å². The van der Waals surface area contributed by atoms with Gasteiger partial charge in [0.2, 0.25) is 0 Å². The average molecular weight is 688 g/mol. The fourth-order valence-corrected chi connectivity index (χ4v) is 8.10. The molecule has 0 atom stereocenters. The van der Waals surface area contributed by atoms with Crippen LogP contribution in [0.4, 0.5) is 0 Å². The van der Waals surface area contributed by atoms with E-state index in [2.05, 4.69) is 0 Å². The molecule has 5 heteroatoms. The maximum atomic E-state index is 9.63. The predicted molar refractivity (Wildman–Crippen MR) is 213 cm³/mol. The molecule has 7 aromatic carbocycles. The Morgan fingerprint density at radius 3 is 1.72 bits per heavy atom. The van der Waals surface area contributed by atoms with E-state index in [0.717, 1.165) is 39.4 Å². The normalized spacial score (nSPS) is 15.5. The number of benzene rings is 7. The zero-order chi connectivity index (χ0) is 45.2. The van der Waals surface area contributed by atoms with Crippen LogP contribution >= 0.6 is 22.7 Å². The smallest absolute Gasteiger partial charge is 0.165 e. The minimum Gasteiger partial charge on any atom is -0.208 e. The highest BCUT2D eigenvalue weighted by Crippen LogP contribution is 2.42. The molecule has 0 aliphatic heterocycles. The standard InChI is InChI=1S/C45H27N3S2/c1-2-13-28(14-3-1)30-15-4-5-16-31(30)32-17-6-7-20-36(32)44-46-43(29-25-26-41-38(27-29)34-19-9-10-23-39(34)49-41)47-45(48-44)37-22-12-21-35-33-18-8-11-24-40(33)50-42(35)37/h1-27H/i8D,9D,10D,11D,12D,18D,19D,21D,22D,23D,24D,25D,26D,27D. The van der Waals surface area contributed by atoms with Gasteiger partial charge in [-0.25, -0.2) is 15.0 Å². The maximum Gasteiger partial charge on any atom is 0.165 e. The first kappa shape index (κ1) is 18.1. The summed E-state index contributed by atoms with van der Waals surface area (Å²) in [5.41, 5.74) is 3.38. The molecule has 3 heterocycles. The van der Waals surface area contributed by atoms with Gasteiger partial charge >= 0.3 is 0 Å². The van der Waals surface area contributed by atoms with E-state index in [1.807, 2.05) is 66.7 Å². The number of thiophene rings is 2. The molecule has 0 saturated carbocycles. The van der Waals surface area contributed by atoms with Crippen LogP contribution in [0.15, 0.2) is 163 Å². The zero-order valence-corrected chi connectivity index (χ0v) is 27.3. The second kappa shape index (κ2) is 11.8. The SMILES string of the molecule is [2H]c1c([2H])c([2H])c2c(sc3c([2H])c([2H])c(-c4nc(-c5ccccc5-c5ccccc5-c5ccccc5)nc(-c5c([2H])c([2H])c([2H])c6c5sc5c([2H])c([2H])c([2H])c([2H])c56)n4)c([2H])c32)c1[2H]. The molecule has 0 aliphatic carbocycles. The molecule has 0 radical (unpaired) electrons. The van der Waals surface area contributed by atoms with Crippen LogP contribution in [0.2, 0.25) is 0 Å². The maximum absolute atomic E-state index is 9.63. The fraction of sp³-hybridized carbons (Fsp3) is 0. The third-order valence-electron chi connectivity index (χ3n) is 8.37. The van der Waals surface area contributed by atoms with Crippen LogP contribution < -0.4 is 0 Å². The van der Waals surface area contributed by atoms with Crippen LogP contribution in [0.1, 0.15) is 19.2 Å². The summed E-state index contributed by atoms with van der Waals surface area (Å²) in [5, 5.41) is 0.0171. The Labute approximate surface area is 316 Å². The van der Waals surface area contributed by atoms with Crippen molar-refractivity contribution in [2.24, 2.45) is 0 Å². The van der Waals surface area contributed by atoms with E-state index in [0.29, 0.717) is 11.1 Å². The second-order valence-electron chi connectivity index (χ2n) is 11.3. The number of rotatable bonds is 5. The van der Waals surface area contributed by atoms with Crippen LogP contribution in [0.25, 0.3) is 96.8 Å². The van der Waals surface area contributed by atoms with E-state index in [1.54, 1.807) is 12.1 Å². The van der Waals surface area contributed by atoms with Crippen molar-refractivity contribution in [3.8, 4) is 56.4 Å². The Balaban J connectivity index is 1.35. The first-order valence-corrected chi connectivity index (χ1v) is 17.1. The Morgan fingerprint density at radius 1 is 0.380 bits per heavy atom. The Hall–Kier alpha value is -6.01. The van der Waals surface area contributed by atoms with Gasteiger partial charge in [0, 0.05) is 57.0 Å². The van der Waals surface area contributed by atoms with Gasteiger partial charge in [-0.15, -0.1) is 22.7 Å². The molecule has 0 N–H and O–H groups in total. The van der Waals surface area contributed by atoms with Crippen LogP contribution in [-0.2, 0) is 0 Å². The van der Waals surface area contributed by atoms with Crippen molar-refractivity contribution in [1.82, 2.24) is 15.0 Å². The molecule has 0 saturated heterocycles. The van der Waals surface area contributed by atoms with Crippen molar-refractivity contribution in [3.63, 3.8) is 0 Å². The molecule has 3 aromatic heterocycles. The van der Waals surface area contributed by atoms with Crippen LogP contribution in [0.5, 0.6) is 0 Å². The topological polar surface area (TPSA) is 38.7 Å². The van der Waals surface area contributed by atoms with Gasteiger partial charge in [-0.3, -0.25) is 0 Å². The highest BCUT2D eigenvalue weighted by atomic mass is 32.1. The van der Waals surface area contributed by atoms with Crippen molar-refractivity contribution < 1.29 is 19.2 Å². The molecule has 0 fully saturated rings. The largest absolute Gasteiger partial charge is 0.208 e. The Kier molecular flexibility index (Phi) is 4.29. The summed E-state index contributed by atoms with van der Waals surface area (Å²) in [7, 11) is 0. The molecule has 0 spiro atoms. The van der Waals surface area contributed by atoms with Crippen molar-refractivity contribution in [2.75, 3.05) is 0 Å². The summed E-state index contributed by atoms with van der Waals surface area (Å²) in [4.78, 5) is 14.6. The highest BCUT2D eigenvalue weighted by Gasteiger charge is 2.20. The first-order chi connectivity index (χ1) is 30.6. The van der Waals surface area contributed by atoms with Crippen LogP contribution in [0, 0.1) is 0 Å². The van der Waals surface area contributed by atoms with E-state index in [4.69, 9.17) is 28.7 Å². The average Bonchev–Trinajstić information content (AvgIpc) is 3.92. The third-order valence-corrected chi connectivity index (χ3v) is 10.5. The Bertz CT molecular complexity index is 3680. The fourth-order valence-electron chi connectivity index (χ4n) is 6.12. The lowest BCUT2D eigenvalue weighted by molar-refractivity contribution is 1.08. The third kappa shape index (κ3) is 4.82. The second-order valence-corrected chi connectivity index (χ2v) is 13.3. The van der Waals surface area contributed by atoms with Gasteiger partial charge in [-0.2, -0.15) is 0 Å². The monoisotopic (exact) mass is 687 g/mol. The van der Waals surface area contributed by atoms with Gasteiger partial charge in [0.1, 0.15) is 0 Å². The molecular weight excluding hydrogens is 647 g/mol. The van der Waals surface area contributed by atoms with E-state index in [9.17, 15) is 5.48 Å². The summed E-state index contributed by atoms with van der Waals surface area (Å²) >= 11 is 1.78. The molecule has 0 amide bonds. The minimum absolute atomic E-state index is 0.000182. The molecule has 50 heavy (non-hydrogen) atoms. The minimum atomic E-state index is -0.564. The van der Waals surface area contributed by atoms with Gasteiger partial charge in [0.25, 0.3) is 0 Å². The molecular formula is C45H27N3S2. The quantitative estimate of drug-likeness (QED) is 0.181. The van der Waals surface area contributed by atoms with Crippen molar-refractivity contribution in [3.05, 3.63) is 163 Å². The lowest BCUT2D eigenvalue weighted by Gasteiger charge is -2.15. The summed E-state index contributed by atoms with van der Waals surface area (Å²) < 4.78 is 124. The summed E-state index contributed by atoms with van der Waals surface area (Å²) in [5.74, 6) is -0.532. The molecule has 3 nitrogen and oxygen atoms in total. The number of hydrogen-bond acceptors (Lipinski definition) is 5.